The molecule has 0 aromatic heterocycles. The summed E-state index contributed by atoms with van der Waals surface area (Å²) in [6, 6.07) is 0. The van der Waals surface area contributed by atoms with Crippen molar-refractivity contribution in [1.82, 2.24) is 0 Å². The summed E-state index contributed by atoms with van der Waals surface area (Å²) in [4.78, 5) is 0. The van der Waals surface area contributed by atoms with E-state index in [0.29, 0.717) is 0 Å². The molecule has 0 radical (unpaired) electrons. The third kappa shape index (κ3) is 7.65. The average Bonchev–Trinajstić information content (AvgIpc) is 3.28. The fraction of sp³-hybridized carbons (Fsp3) is 1.00. The minimum Gasteiger partial charge on any atom is -0.394 e. The van der Waals surface area contributed by atoms with E-state index in [4.69, 9.17) is 33.2 Å². The summed E-state index contributed by atoms with van der Waals surface area (Å²) >= 11 is 0. The van der Waals surface area contributed by atoms with Gasteiger partial charge in [0.1, 0.15) is 98.2 Å². The maximum Gasteiger partial charge on any atom is 0.224 e. The van der Waals surface area contributed by atoms with Gasteiger partial charge in [-0.2, -0.15) is 0 Å². The molecule has 19 atom stereocenters. The quantitative estimate of drug-likeness (QED) is 0.0961. The van der Waals surface area contributed by atoms with Crippen molar-refractivity contribution in [3.8, 4) is 0 Å². The highest BCUT2D eigenvalue weighted by atomic mass is 16.8. The Morgan fingerprint density at radius 3 is 1.26 bits per heavy atom. The van der Waals surface area contributed by atoms with Gasteiger partial charge in [-0.05, 0) is 0 Å². The van der Waals surface area contributed by atoms with E-state index in [1.54, 1.807) is 0 Å². The van der Waals surface area contributed by atoms with Gasteiger partial charge in [-0.3, -0.25) is 0 Å². The average molecular weight is 683 g/mol. The van der Waals surface area contributed by atoms with Crippen LogP contribution in [0.5, 0.6) is 0 Å². The van der Waals surface area contributed by atoms with Crippen molar-refractivity contribution >= 4 is 0 Å². The molecule has 0 spiro atoms. The molecule has 0 aliphatic carbocycles. The molecule has 4 aliphatic rings. The number of aliphatic hydroxyl groups excluding tert-OH is 14. The van der Waals surface area contributed by atoms with Crippen molar-refractivity contribution in [1.29, 1.82) is 0 Å². The fourth-order valence-electron chi connectivity index (χ4n) is 5.39. The summed E-state index contributed by atoms with van der Waals surface area (Å²) < 4.78 is 37.6. The van der Waals surface area contributed by atoms with Crippen LogP contribution in [0.15, 0.2) is 0 Å². The summed E-state index contributed by atoms with van der Waals surface area (Å²) in [5, 5.41) is 141. The van der Waals surface area contributed by atoms with Crippen molar-refractivity contribution in [2.75, 3.05) is 33.0 Å². The van der Waals surface area contributed by atoms with Gasteiger partial charge in [-0.15, -0.1) is 0 Å². The predicted octanol–water partition coefficient (Wildman–Crippen LogP) is -9.11. The SMILES string of the molecule is C.OC[C@H]1O[C@H](OC[C@H]2O[C@H](OC[C@H]3O[C@H](O[C@]4(CO)O[C@H](CO)[C@@H](O)[C@@H]4O)[C@H](O)[C@@H](O)[C@@H]3O)[C@H](O)[C@@H](O)[C@H]2O)[C@H](O)[C@@H](O)[C@H]1O. The molecule has 0 amide bonds. The molecule has 4 saturated heterocycles. The summed E-state index contributed by atoms with van der Waals surface area (Å²) in [6.07, 6.45) is -31.4. The smallest absolute Gasteiger partial charge is 0.224 e. The van der Waals surface area contributed by atoms with Gasteiger partial charge >= 0.3 is 0 Å². The summed E-state index contributed by atoms with van der Waals surface area (Å²) in [5.41, 5.74) is 0. The van der Waals surface area contributed by atoms with Gasteiger partial charge in [0.15, 0.2) is 18.9 Å². The first-order valence-corrected chi connectivity index (χ1v) is 14.1. The molecular weight excluding hydrogens is 636 g/mol. The van der Waals surface area contributed by atoms with E-state index < -0.39 is 149 Å². The molecule has 21 nitrogen and oxygen atoms in total. The van der Waals surface area contributed by atoms with Gasteiger partial charge in [-0.25, -0.2) is 0 Å². The number of hydrogen-bond donors (Lipinski definition) is 14. The molecule has 4 rings (SSSR count). The van der Waals surface area contributed by atoms with E-state index >= 15 is 0 Å². The Kier molecular flexibility index (Phi) is 14.0. The molecule has 14 N–H and O–H groups in total. The third-order valence-corrected chi connectivity index (χ3v) is 8.26. The van der Waals surface area contributed by atoms with Crippen LogP contribution >= 0.6 is 0 Å². The van der Waals surface area contributed by atoms with Crippen molar-refractivity contribution in [3.05, 3.63) is 0 Å². The molecule has 0 aromatic rings. The van der Waals surface area contributed by atoms with Gasteiger partial charge in [0.05, 0.1) is 26.4 Å². The van der Waals surface area contributed by atoms with Gasteiger partial charge in [0.2, 0.25) is 5.79 Å². The molecule has 4 heterocycles. The molecule has 46 heavy (non-hydrogen) atoms. The van der Waals surface area contributed by atoms with Crippen LogP contribution in [0.1, 0.15) is 7.43 Å². The number of rotatable bonds is 11. The second kappa shape index (κ2) is 16.2. The first-order valence-electron chi connectivity index (χ1n) is 14.1. The first kappa shape index (κ1) is 39.6. The third-order valence-electron chi connectivity index (χ3n) is 8.26. The second-order valence-corrected chi connectivity index (χ2v) is 11.3. The summed E-state index contributed by atoms with van der Waals surface area (Å²) in [6.45, 7) is -4.02. The molecule has 0 aromatic carbocycles. The first-order chi connectivity index (χ1) is 21.2. The Bertz CT molecular complexity index is 932. The second-order valence-electron chi connectivity index (χ2n) is 11.3. The Hall–Kier alpha value is -0.840. The molecule has 272 valence electrons. The lowest BCUT2D eigenvalue weighted by molar-refractivity contribution is -0.388. The standard InChI is InChI=1S/C24H42O21.CH4/c25-1-6-10(28)14(32)17(35)21(41-6)39-3-8-11(29)15(33)18(36)22(42-8)40-4-9-12(30)16(34)19(37)23(43-9)45-24(5-27)20(38)13(31)7(2-26)44-24;/h6-23,25-38H,1-5H2;1H4/t6-,7-,8-,9-,10+,11+,12-,13-,14+,15+,16+,17-,18-,19-,20+,21+,22+,23-,24+;/m1./s1. The zero-order valence-electron chi connectivity index (χ0n) is 23.5. The number of hydrogen-bond acceptors (Lipinski definition) is 21. The van der Waals surface area contributed by atoms with Crippen LogP contribution in [0.3, 0.4) is 0 Å². The lowest BCUT2D eigenvalue weighted by atomic mass is 9.98. The van der Waals surface area contributed by atoms with Crippen molar-refractivity contribution in [3.63, 3.8) is 0 Å². The molecular formula is C25H46O21. The lowest BCUT2D eigenvalue weighted by Crippen LogP contribution is -2.64. The van der Waals surface area contributed by atoms with Gasteiger partial charge in [-0.1, -0.05) is 7.43 Å². The van der Waals surface area contributed by atoms with Crippen LogP contribution in [-0.4, -0.2) is 221 Å². The highest BCUT2D eigenvalue weighted by Gasteiger charge is 2.58. The van der Waals surface area contributed by atoms with Crippen LogP contribution in [0.2, 0.25) is 0 Å². The molecule has 0 unspecified atom stereocenters. The van der Waals surface area contributed by atoms with Crippen molar-refractivity contribution < 1.29 is 105 Å². The Balaban J connectivity index is 0.00000576. The topological polar surface area (TPSA) is 348 Å². The van der Waals surface area contributed by atoms with Crippen LogP contribution in [-0.2, 0) is 33.2 Å². The normalized spacial score (nSPS) is 51.5. The monoisotopic (exact) mass is 682 g/mol. The van der Waals surface area contributed by atoms with Crippen molar-refractivity contribution in [2.45, 2.75) is 124 Å². The van der Waals surface area contributed by atoms with Crippen LogP contribution in [0, 0.1) is 0 Å². The maximum absolute atomic E-state index is 10.5. The highest BCUT2D eigenvalue weighted by molar-refractivity contribution is 4.99. The predicted molar refractivity (Wildman–Crippen MR) is 141 cm³/mol. The molecule has 0 bridgehead atoms. The van der Waals surface area contributed by atoms with E-state index in [9.17, 15) is 71.5 Å². The van der Waals surface area contributed by atoms with E-state index in [2.05, 4.69) is 0 Å². The zero-order valence-corrected chi connectivity index (χ0v) is 23.5. The molecule has 4 aliphatic heterocycles. The maximum atomic E-state index is 10.5. The minimum atomic E-state index is -2.43. The van der Waals surface area contributed by atoms with Crippen LogP contribution < -0.4 is 0 Å². The molecule has 4 fully saturated rings. The minimum absolute atomic E-state index is 0. The molecule has 21 heteroatoms. The van der Waals surface area contributed by atoms with Crippen LogP contribution in [0.4, 0.5) is 0 Å². The fourth-order valence-corrected chi connectivity index (χ4v) is 5.39. The lowest BCUT2D eigenvalue weighted by Gasteiger charge is -2.45. The van der Waals surface area contributed by atoms with E-state index in [0.717, 1.165) is 0 Å². The Morgan fingerprint density at radius 1 is 0.457 bits per heavy atom. The summed E-state index contributed by atoms with van der Waals surface area (Å²) in [5.74, 6) is -2.43. The van der Waals surface area contributed by atoms with E-state index in [-0.39, 0.29) is 7.43 Å². The van der Waals surface area contributed by atoms with Gasteiger partial charge < -0.3 is 105 Å². The van der Waals surface area contributed by atoms with Crippen molar-refractivity contribution in [2.24, 2.45) is 0 Å². The van der Waals surface area contributed by atoms with E-state index in [1.807, 2.05) is 0 Å². The highest BCUT2D eigenvalue weighted by Crippen LogP contribution is 2.36. The number of aliphatic hydroxyl groups is 14. The Labute approximate surface area is 261 Å². The van der Waals surface area contributed by atoms with E-state index in [1.165, 1.54) is 0 Å². The van der Waals surface area contributed by atoms with Gasteiger partial charge in [0.25, 0.3) is 0 Å². The Morgan fingerprint density at radius 2 is 0.848 bits per heavy atom. The van der Waals surface area contributed by atoms with Crippen LogP contribution in [0.25, 0.3) is 0 Å². The number of ether oxygens (including phenoxy) is 7. The summed E-state index contributed by atoms with van der Waals surface area (Å²) in [7, 11) is 0. The zero-order chi connectivity index (χ0) is 33.4. The largest absolute Gasteiger partial charge is 0.394 e. The molecule has 0 saturated carbocycles. The van der Waals surface area contributed by atoms with Gasteiger partial charge in [0, 0.05) is 0 Å².